The van der Waals surface area contributed by atoms with Crippen molar-refractivity contribution in [3.05, 3.63) is 35.9 Å². The van der Waals surface area contributed by atoms with E-state index >= 15 is 0 Å². The molecule has 0 fully saturated rings. The second-order valence-corrected chi connectivity index (χ2v) is 5.15. The van der Waals surface area contributed by atoms with E-state index in [2.05, 4.69) is 5.32 Å². The SMILES string of the molecule is O=C(NC[C@@]1(O)C=CCCC1)c1ccc2c(c1)OCO2. The number of amides is 1. The molecule has 2 aliphatic rings. The molecule has 1 amide bonds. The molecule has 0 saturated carbocycles. The summed E-state index contributed by atoms with van der Waals surface area (Å²) in [6.07, 6.45) is 6.32. The lowest BCUT2D eigenvalue weighted by Gasteiger charge is -2.27. The van der Waals surface area contributed by atoms with Gasteiger partial charge in [0.1, 0.15) is 0 Å². The van der Waals surface area contributed by atoms with Crippen LogP contribution in [0.2, 0.25) is 0 Å². The first kappa shape index (κ1) is 13.0. The van der Waals surface area contributed by atoms with Gasteiger partial charge in [-0.3, -0.25) is 4.79 Å². The molecular weight excluding hydrogens is 258 g/mol. The third-order valence-corrected chi connectivity index (χ3v) is 3.60. The molecule has 106 valence electrons. The lowest BCUT2D eigenvalue weighted by Crippen LogP contribution is -2.42. The average molecular weight is 275 g/mol. The summed E-state index contributed by atoms with van der Waals surface area (Å²) in [6.45, 7) is 0.404. The predicted molar refractivity (Wildman–Crippen MR) is 72.8 cm³/mol. The highest BCUT2D eigenvalue weighted by Crippen LogP contribution is 2.32. The minimum absolute atomic E-state index is 0.185. The Hall–Kier alpha value is -2.01. The van der Waals surface area contributed by atoms with Gasteiger partial charge in [0.25, 0.3) is 5.91 Å². The minimum Gasteiger partial charge on any atom is -0.454 e. The summed E-state index contributed by atoms with van der Waals surface area (Å²) < 4.78 is 10.4. The van der Waals surface area contributed by atoms with E-state index in [1.54, 1.807) is 24.3 Å². The number of hydrogen-bond acceptors (Lipinski definition) is 4. The van der Waals surface area contributed by atoms with E-state index in [0.717, 1.165) is 12.8 Å². The standard InChI is InChI=1S/C15H17NO4/c17-14(16-9-15(18)6-2-1-3-7-15)11-4-5-12-13(8-11)20-10-19-12/h2,4-6,8,18H,1,3,7,9-10H2,(H,16,17)/t15-/m1/s1. The van der Waals surface area contributed by atoms with E-state index in [9.17, 15) is 9.90 Å². The molecule has 2 N–H and O–H groups in total. The number of ether oxygens (including phenoxy) is 2. The first-order valence-corrected chi connectivity index (χ1v) is 6.74. The Balaban J connectivity index is 1.64. The molecule has 5 heteroatoms. The van der Waals surface area contributed by atoms with Crippen LogP contribution in [0.5, 0.6) is 11.5 Å². The number of hydrogen-bond donors (Lipinski definition) is 2. The highest BCUT2D eigenvalue weighted by molar-refractivity contribution is 5.95. The Morgan fingerprint density at radius 3 is 3.00 bits per heavy atom. The average Bonchev–Trinajstić information content (AvgIpc) is 2.93. The fraction of sp³-hybridized carbons (Fsp3) is 0.400. The molecule has 0 radical (unpaired) electrons. The summed E-state index contributed by atoms with van der Waals surface area (Å²) in [4.78, 5) is 12.1. The van der Waals surface area contributed by atoms with Crippen molar-refractivity contribution >= 4 is 5.91 Å². The molecule has 0 bridgehead atoms. The van der Waals surface area contributed by atoms with Gasteiger partial charge in [-0.1, -0.05) is 12.2 Å². The highest BCUT2D eigenvalue weighted by atomic mass is 16.7. The van der Waals surface area contributed by atoms with Gasteiger partial charge in [-0.2, -0.15) is 0 Å². The van der Waals surface area contributed by atoms with Crippen LogP contribution in [0, 0.1) is 0 Å². The molecule has 3 rings (SSSR count). The molecule has 5 nitrogen and oxygen atoms in total. The maximum atomic E-state index is 12.1. The molecule has 1 aliphatic heterocycles. The van der Waals surface area contributed by atoms with Gasteiger partial charge in [-0.05, 0) is 37.5 Å². The summed E-state index contributed by atoms with van der Waals surface area (Å²) in [6, 6.07) is 5.05. The second kappa shape index (κ2) is 5.17. The molecule has 20 heavy (non-hydrogen) atoms. The van der Waals surface area contributed by atoms with Gasteiger partial charge in [-0.15, -0.1) is 0 Å². The van der Waals surface area contributed by atoms with Crippen LogP contribution in [0.25, 0.3) is 0 Å². The number of nitrogens with one attached hydrogen (secondary N) is 1. The smallest absolute Gasteiger partial charge is 0.251 e. The zero-order valence-electron chi connectivity index (χ0n) is 11.1. The maximum Gasteiger partial charge on any atom is 0.251 e. The van der Waals surface area contributed by atoms with Crippen LogP contribution in [0.1, 0.15) is 29.6 Å². The van der Waals surface area contributed by atoms with Crippen LogP contribution in [-0.2, 0) is 0 Å². The van der Waals surface area contributed by atoms with Crippen LogP contribution in [0.3, 0.4) is 0 Å². The number of rotatable bonds is 3. The lowest BCUT2D eigenvalue weighted by atomic mass is 9.91. The number of benzene rings is 1. The van der Waals surface area contributed by atoms with Crippen LogP contribution < -0.4 is 14.8 Å². The summed E-state index contributed by atoms with van der Waals surface area (Å²) in [7, 11) is 0. The van der Waals surface area contributed by atoms with E-state index in [4.69, 9.17) is 9.47 Å². The van der Waals surface area contributed by atoms with Crippen molar-refractivity contribution in [3.63, 3.8) is 0 Å². The van der Waals surface area contributed by atoms with E-state index in [1.807, 2.05) is 6.08 Å². The summed E-state index contributed by atoms with van der Waals surface area (Å²) >= 11 is 0. The van der Waals surface area contributed by atoms with Gasteiger partial charge < -0.3 is 19.9 Å². The Morgan fingerprint density at radius 1 is 1.35 bits per heavy atom. The Kier molecular flexibility index (Phi) is 3.36. The van der Waals surface area contributed by atoms with Crippen molar-refractivity contribution < 1.29 is 19.4 Å². The number of carbonyl (C=O) groups excluding carboxylic acids is 1. The summed E-state index contributed by atoms with van der Waals surface area (Å²) in [5.41, 5.74) is -0.429. The van der Waals surface area contributed by atoms with Crippen LogP contribution in [0.15, 0.2) is 30.4 Å². The number of aliphatic hydroxyl groups is 1. The minimum atomic E-state index is -0.926. The van der Waals surface area contributed by atoms with Gasteiger partial charge >= 0.3 is 0 Å². The lowest BCUT2D eigenvalue weighted by molar-refractivity contribution is 0.0660. The molecule has 1 aromatic carbocycles. The van der Waals surface area contributed by atoms with Crippen molar-refractivity contribution in [1.29, 1.82) is 0 Å². The van der Waals surface area contributed by atoms with E-state index in [0.29, 0.717) is 23.5 Å². The normalized spacial score (nSPS) is 23.6. The molecule has 0 spiro atoms. The molecule has 1 aromatic rings. The topological polar surface area (TPSA) is 67.8 Å². The highest BCUT2D eigenvalue weighted by Gasteiger charge is 2.26. The first-order chi connectivity index (χ1) is 9.66. The fourth-order valence-corrected chi connectivity index (χ4v) is 2.43. The van der Waals surface area contributed by atoms with Crippen molar-refractivity contribution in [2.45, 2.75) is 24.9 Å². The van der Waals surface area contributed by atoms with Crippen LogP contribution in [0.4, 0.5) is 0 Å². The third-order valence-electron chi connectivity index (χ3n) is 3.60. The van der Waals surface area contributed by atoms with Crippen LogP contribution in [-0.4, -0.2) is 30.0 Å². The Bertz CT molecular complexity index is 555. The zero-order chi connectivity index (χ0) is 14.0. The Labute approximate surface area is 117 Å². The molecule has 0 aromatic heterocycles. The van der Waals surface area contributed by atoms with Gasteiger partial charge in [0, 0.05) is 5.56 Å². The van der Waals surface area contributed by atoms with Crippen LogP contribution >= 0.6 is 0 Å². The zero-order valence-corrected chi connectivity index (χ0v) is 11.1. The van der Waals surface area contributed by atoms with E-state index in [-0.39, 0.29) is 19.2 Å². The molecule has 1 atom stereocenters. The summed E-state index contributed by atoms with van der Waals surface area (Å²) in [5, 5.41) is 13.0. The van der Waals surface area contributed by atoms with E-state index in [1.165, 1.54) is 0 Å². The van der Waals surface area contributed by atoms with Gasteiger partial charge in [-0.25, -0.2) is 0 Å². The monoisotopic (exact) mass is 275 g/mol. The number of carbonyl (C=O) groups is 1. The summed E-state index contributed by atoms with van der Waals surface area (Å²) in [5.74, 6) is 1.00. The Morgan fingerprint density at radius 2 is 2.20 bits per heavy atom. The van der Waals surface area contributed by atoms with Crippen molar-refractivity contribution in [2.75, 3.05) is 13.3 Å². The van der Waals surface area contributed by atoms with Gasteiger partial charge in [0.15, 0.2) is 11.5 Å². The second-order valence-electron chi connectivity index (χ2n) is 5.15. The first-order valence-electron chi connectivity index (χ1n) is 6.74. The van der Waals surface area contributed by atoms with E-state index < -0.39 is 5.60 Å². The fourth-order valence-electron chi connectivity index (χ4n) is 2.43. The predicted octanol–water partition coefficient (Wildman–Crippen LogP) is 1.62. The van der Waals surface area contributed by atoms with Crippen molar-refractivity contribution in [3.8, 4) is 11.5 Å². The van der Waals surface area contributed by atoms with Gasteiger partial charge in [0.05, 0.1) is 12.1 Å². The van der Waals surface area contributed by atoms with Crippen molar-refractivity contribution in [2.24, 2.45) is 0 Å². The molecule has 0 unspecified atom stereocenters. The quantitative estimate of drug-likeness (QED) is 0.823. The van der Waals surface area contributed by atoms with Crippen molar-refractivity contribution in [1.82, 2.24) is 5.32 Å². The molecule has 0 saturated heterocycles. The number of allylic oxidation sites excluding steroid dienone is 1. The molecular formula is C15H17NO4. The largest absolute Gasteiger partial charge is 0.454 e. The molecule has 1 aliphatic carbocycles. The maximum absolute atomic E-state index is 12.1. The number of fused-ring (bicyclic) bond motifs is 1. The molecule has 1 heterocycles. The third kappa shape index (κ3) is 2.63. The van der Waals surface area contributed by atoms with Gasteiger partial charge in [0.2, 0.25) is 6.79 Å².